The van der Waals surface area contributed by atoms with E-state index in [4.69, 9.17) is 20.8 Å². The largest absolute Gasteiger partial charge is 0.417 e. The number of morpholine rings is 1. The molecule has 1 saturated heterocycles. The van der Waals surface area contributed by atoms with Crippen LogP contribution in [0.5, 0.6) is 0 Å². The van der Waals surface area contributed by atoms with E-state index in [2.05, 4.69) is 10.2 Å². The molecule has 21 heavy (non-hydrogen) atoms. The molecule has 6 nitrogen and oxygen atoms in total. The number of carbonyl (C=O) groups excluding carboxylic acids is 1. The highest BCUT2D eigenvalue weighted by atomic mass is 35.5. The van der Waals surface area contributed by atoms with Crippen molar-refractivity contribution in [3.8, 4) is 0 Å². The molecular weight excluding hydrogens is 294 g/mol. The van der Waals surface area contributed by atoms with Crippen LogP contribution in [-0.4, -0.2) is 47.3 Å². The van der Waals surface area contributed by atoms with Gasteiger partial charge >= 0.3 is 11.8 Å². The van der Waals surface area contributed by atoms with Crippen LogP contribution in [0.1, 0.15) is 22.1 Å². The van der Waals surface area contributed by atoms with Gasteiger partial charge in [0, 0.05) is 18.1 Å². The summed E-state index contributed by atoms with van der Waals surface area (Å²) in [6.07, 6.45) is 0.448. The molecular formula is C14H14ClN3O3. The van der Waals surface area contributed by atoms with Crippen molar-refractivity contribution >= 4 is 17.5 Å². The molecule has 2 heterocycles. The third-order valence-corrected chi connectivity index (χ3v) is 3.43. The number of aromatic nitrogens is 2. The number of nitrogens with zero attached hydrogens (tertiary/aromatic N) is 3. The van der Waals surface area contributed by atoms with Crippen LogP contribution in [0, 0.1) is 0 Å². The first-order chi connectivity index (χ1) is 10.2. The van der Waals surface area contributed by atoms with Gasteiger partial charge in [0.1, 0.15) is 0 Å². The Morgan fingerprint density at radius 3 is 2.86 bits per heavy atom. The summed E-state index contributed by atoms with van der Waals surface area (Å²) in [6.45, 7) is 2.17. The fourth-order valence-electron chi connectivity index (χ4n) is 2.13. The Hall–Kier alpha value is -1.92. The molecule has 1 aliphatic rings. The second kappa shape index (κ2) is 6.24. The number of benzene rings is 1. The van der Waals surface area contributed by atoms with Gasteiger partial charge in [-0.15, -0.1) is 10.2 Å². The van der Waals surface area contributed by atoms with Crippen molar-refractivity contribution in [3.05, 3.63) is 46.6 Å². The minimum Gasteiger partial charge on any atom is -0.417 e. The van der Waals surface area contributed by atoms with Gasteiger partial charge in [-0.2, -0.15) is 0 Å². The number of halogens is 1. The summed E-state index contributed by atoms with van der Waals surface area (Å²) in [7, 11) is 0. The molecule has 0 atom stereocenters. The average Bonchev–Trinajstić information content (AvgIpc) is 2.96. The van der Waals surface area contributed by atoms with Gasteiger partial charge in [-0.1, -0.05) is 23.7 Å². The molecule has 0 unspecified atom stereocenters. The van der Waals surface area contributed by atoms with Crippen LogP contribution >= 0.6 is 11.6 Å². The summed E-state index contributed by atoms with van der Waals surface area (Å²) >= 11 is 5.93. The molecule has 1 amide bonds. The standard InChI is InChI=1S/C14H14ClN3O3/c15-11-3-1-2-10(8-11)9-12-16-17-13(21-12)14(19)18-4-6-20-7-5-18/h1-3,8H,4-7,9H2. The topological polar surface area (TPSA) is 68.5 Å². The lowest BCUT2D eigenvalue weighted by Crippen LogP contribution is -2.40. The first kappa shape index (κ1) is 14.0. The number of hydrogen-bond acceptors (Lipinski definition) is 5. The van der Waals surface area contributed by atoms with Gasteiger partial charge in [-0.05, 0) is 17.7 Å². The Labute approximate surface area is 126 Å². The van der Waals surface area contributed by atoms with E-state index in [9.17, 15) is 4.79 Å². The van der Waals surface area contributed by atoms with Crippen molar-refractivity contribution in [2.45, 2.75) is 6.42 Å². The van der Waals surface area contributed by atoms with Crippen molar-refractivity contribution in [2.24, 2.45) is 0 Å². The molecule has 0 bridgehead atoms. The Balaban J connectivity index is 1.69. The maximum Gasteiger partial charge on any atom is 0.311 e. The maximum atomic E-state index is 12.2. The van der Waals surface area contributed by atoms with Gasteiger partial charge in [-0.25, -0.2) is 0 Å². The van der Waals surface area contributed by atoms with Gasteiger partial charge in [0.2, 0.25) is 5.89 Å². The minimum atomic E-state index is -0.247. The van der Waals surface area contributed by atoms with Crippen molar-refractivity contribution in [1.82, 2.24) is 15.1 Å². The molecule has 1 aromatic heterocycles. The highest BCUT2D eigenvalue weighted by Crippen LogP contribution is 2.15. The lowest BCUT2D eigenvalue weighted by atomic mass is 10.1. The van der Waals surface area contributed by atoms with E-state index in [0.29, 0.717) is 43.6 Å². The van der Waals surface area contributed by atoms with Crippen LogP contribution in [-0.2, 0) is 11.2 Å². The summed E-state index contributed by atoms with van der Waals surface area (Å²) in [5, 5.41) is 8.40. The van der Waals surface area contributed by atoms with Gasteiger partial charge in [-0.3, -0.25) is 4.79 Å². The molecule has 0 N–H and O–H groups in total. The van der Waals surface area contributed by atoms with Crippen molar-refractivity contribution < 1.29 is 13.9 Å². The molecule has 0 spiro atoms. The second-order valence-corrected chi connectivity index (χ2v) is 5.15. The van der Waals surface area contributed by atoms with Crippen LogP contribution in [0.25, 0.3) is 0 Å². The number of amides is 1. The maximum absolute atomic E-state index is 12.2. The Morgan fingerprint density at radius 2 is 2.10 bits per heavy atom. The summed E-state index contributed by atoms with van der Waals surface area (Å²) in [5.41, 5.74) is 0.955. The van der Waals surface area contributed by atoms with Gasteiger partial charge < -0.3 is 14.1 Å². The number of ether oxygens (including phenoxy) is 1. The van der Waals surface area contributed by atoms with Crippen LogP contribution in [0.3, 0.4) is 0 Å². The number of carbonyl (C=O) groups is 1. The molecule has 110 valence electrons. The molecule has 1 aromatic carbocycles. The molecule has 7 heteroatoms. The zero-order chi connectivity index (χ0) is 14.7. The van der Waals surface area contributed by atoms with Crippen molar-refractivity contribution in [2.75, 3.05) is 26.3 Å². The first-order valence-corrected chi connectivity index (χ1v) is 7.04. The SMILES string of the molecule is O=C(c1nnc(Cc2cccc(Cl)c2)o1)N1CCOCC1. The van der Waals surface area contributed by atoms with E-state index < -0.39 is 0 Å². The van der Waals surface area contributed by atoms with Crippen LogP contribution in [0.4, 0.5) is 0 Å². The van der Waals surface area contributed by atoms with E-state index in [1.807, 2.05) is 18.2 Å². The third kappa shape index (κ3) is 3.40. The third-order valence-electron chi connectivity index (χ3n) is 3.19. The van der Waals surface area contributed by atoms with Crippen LogP contribution in [0.15, 0.2) is 28.7 Å². The average molecular weight is 308 g/mol. The van der Waals surface area contributed by atoms with E-state index >= 15 is 0 Å². The van der Waals surface area contributed by atoms with E-state index in [1.54, 1.807) is 11.0 Å². The fourth-order valence-corrected chi connectivity index (χ4v) is 2.35. The molecule has 0 saturated carbocycles. The zero-order valence-corrected chi connectivity index (χ0v) is 12.0. The predicted molar refractivity (Wildman–Crippen MR) is 75.3 cm³/mol. The summed E-state index contributed by atoms with van der Waals surface area (Å²) in [5.74, 6) is 0.172. The van der Waals surface area contributed by atoms with Crippen LogP contribution < -0.4 is 0 Å². The van der Waals surface area contributed by atoms with Crippen molar-refractivity contribution in [3.63, 3.8) is 0 Å². The molecule has 0 radical (unpaired) electrons. The Morgan fingerprint density at radius 1 is 1.29 bits per heavy atom. The zero-order valence-electron chi connectivity index (χ0n) is 11.3. The summed E-state index contributed by atoms with van der Waals surface area (Å²) in [4.78, 5) is 13.8. The van der Waals surface area contributed by atoms with Gasteiger partial charge in [0.25, 0.3) is 0 Å². The van der Waals surface area contributed by atoms with E-state index in [-0.39, 0.29) is 11.8 Å². The Bertz CT molecular complexity index is 638. The monoisotopic (exact) mass is 307 g/mol. The first-order valence-electron chi connectivity index (χ1n) is 6.66. The highest BCUT2D eigenvalue weighted by Gasteiger charge is 2.23. The molecule has 3 rings (SSSR count). The Kier molecular flexibility index (Phi) is 4.17. The van der Waals surface area contributed by atoms with Crippen molar-refractivity contribution in [1.29, 1.82) is 0 Å². The minimum absolute atomic E-state index is 0.0222. The highest BCUT2D eigenvalue weighted by molar-refractivity contribution is 6.30. The van der Waals surface area contributed by atoms with E-state index in [1.165, 1.54) is 0 Å². The van der Waals surface area contributed by atoms with Gasteiger partial charge in [0.05, 0.1) is 19.6 Å². The van der Waals surface area contributed by atoms with Crippen LogP contribution in [0.2, 0.25) is 5.02 Å². The van der Waals surface area contributed by atoms with Gasteiger partial charge in [0.15, 0.2) is 0 Å². The lowest BCUT2D eigenvalue weighted by Gasteiger charge is -2.25. The molecule has 1 fully saturated rings. The quantitative estimate of drug-likeness (QED) is 0.864. The smallest absolute Gasteiger partial charge is 0.311 e. The number of rotatable bonds is 3. The second-order valence-electron chi connectivity index (χ2n) is 4.71. The summed E-state index contributed by atoms with van der Waals surface area (Å²) < 4.78 is 10.7. The molecule has 1 aliphatic heterocycles. The lowest BCUT2D eigenvalue weighted by molar-refractivity contribution is 0.0276. The molecule has 2 aromatic rings. The van der Waals surface area contributed by atoms with E-state index in [0.717, 1.165) is 5.56 Å². The summed E-state index contributed by atoms with van der Waals surface area (Å²) in [6, 6.07) is 7.40. The fraction of sp³-hybridized carbons (Fsp3) is 0.357. The number of hydrogen-bond donors (Lipinski definition) is 0. The molecule has 0 aliphatic carbocycles. The normalized spacial score (nSPS) is 15.2. The predicted octanol–water partition coefficient (Wildman–Crippen LogP) is 1.79.